The predicted molar refractivity (Wildman–Crippen MR) is 305 cm³/mol. The van der Waals surface area contributed by atoms with E-state index in [2.05, 4.69) is 50.4 Å². The van der Waals surface area contributed by atoms with Crippen LogP contribution in [0.2, 0.25) is 0 Å². The lowest BCUT2D eigenvalue weighted by molar-refractivity contribution is -0.870. The van der Waals surface area contributed by atoms with Gasteiger partial charge >= 0.3 is 13.8 Å². The van der Waals surface area contributed by atoms with Crippen LogP contribution in [0.1, 0.15) is 290 Å². The minimum Gasteiger partial charge on any atom is -0.456 e. The molecule has 0 radical (unpaired) electrons. The quantitative estimate of drug-likeness (QED) is 0.0156. The van der Waals surface area contributed by atoms with Crippen LogP contribution in [0.3, 0.4) is 0 Å². The standard InChI is InChI=1S/C61H117N2O7P/c1-7-10-13-16-19-22-25-28-30-32-34-36-39-42-45-48-51-54-61(65)70-59(52-49-46-43-40-37-27-24-21-18-15-12-9-3)58(57-69-71(66,67)68-56-55-63(4,5)6)62-60(64)53-50-47-44-41-38-35-33-31-29-26-23-20-17-14-11-8-2/h31,33,35,38,49,52,58-59H,7-30,32,34,36-37,39-48,50-51,53-57H2,1-6H3,(H-,62,64,66,67)/p+1/b33-31+,38-35+,52-49+. The summed E-state index contributed by atoms with van der Waals surface area (Å²) in [5, 5.41) is 3.04. The van der Waals surface area contributed by atoms with E-state index >= 15 is 0 Å². The van der Waals surface area contributed by atoms with E-state index in [0.29, 0.717) is 30.3 Å². The normalized spacial score (nSPS) is 14.0. The Bertz CT molecular complexity index is 1310. The zero-order valence-electron chi connectivity index (χ0n) is 47.7. The zero-order chi connectivity index (χ0) is 52.2. The van der Waals surface area contributed by atoms with Crippen molar-refractivity contribution in [3.05, 3.63) is 36.5 Å². The molecule has 3 unspecified atom stereocenters. The molecule has 0 bridgehead atoms. The van der Waals surface area contributed by atoms with Crippen LogP contribution in [0, 0.1) is 0 Å². The maximum absolute atomic E-state index is 13.5. The van der Waals surface area contributed by atoms with Crippen molar-refractivity contribution < 1.29 is 37.3 Å². The van der Waals surface area contributed by atoms with Gasteiger partial charge in [0.2, 0.25) is 5.91 Å². The SMILES string of the molecule is CCCCCCCCC/C=C/C=C/CCCCCC(=O)NC(COP(=O)(O)OCC[N+](C)(C)C)C(/C=C/CCCCCCCCCCCC)OC(=O)CCCCCCCCCCCCCCCCCCC. The van der Waals surface area contributed by atoms with Gasteiger partial charge in [0.25, 0.3) is 0 Å². The number of esters is 1. The zero-order valence-corrected chi connectivity index (χ0v) is 48.6. The van der Waals surface area contributed by atoms with E-state index in [9.17, 15) is 19.0 Å². The van der Waals surface area contributed by atoms with Crippen molar-refractivity contribution in [3.63, 3.8) is 0 Å². The highest BCUT2D eigenvalue weighted by Gasteiger charge is 2.30. The molecule has 3 atom stereocenters. The summed E-state index contributed by atoms with van der Waals surface area (Å²) in [6, 6.07) is -0.857. The van der Waals surface area contributed by atoms with Crippen molar-refractivity contribution in [2.45, 2.75) is 303 Å². The molecule has 0 saturated carbocycles. The molecule has 0 heterocycles. The molecule has 0 aliphatic heterocycles. The molecular formula is C61H118N2O7P+. The number of nitrogens with one attached hydrogen (secondary N) is 1. The number of amides is 1. The van der Waals surface area contributed by atoms with Gasteiger partial charge < -0.3 is 19.4 Å². The second-order valence-corrected chi connectivity index (χ2v) is 23.4. The maximum atomic E-state index is 13.5. The number of quaternary nitrogens is 1. The van der Waals surface area contributed by atoms with Crippen LogP contribution in [-0.2, 0) is 27.9 Å². The molecule has 0 aliphatic carbocycles. The predicted octanol–water partition coefficient (Wildman–Crippen LogP) is 18.3. The van der Waals surface area contributed by atoms with E-state index < -0.39 is 20.0 Å². The number of phosphoric ester groups is 1. The lowest BCUT2D eigenvalue weighted by atomic mass is 10.0. The van der Waals surface area contributed by atoms with Gasteiger partial charge in [0.15, 0.2) is 0 Å². The lowest BCUT2D eigenvalue weighted by Gasteiger charge is -2.27. The average molecular weight is 1020 g/mol. The Kier molecular flexibility index (Phi) is 50.4. The van der Waals surface area contributed by atoms with E-state index in [-0.39, 0.29) is 25.1 Å². The molecule has 9 nitrogen and oxygen atoms in total. The van der Waals surface area contributed by atoms with Gasteiger partial charge in [-0.05, 0) is 57.4 Å². The Morgan fingerprint density at radius 1 is 0.493 bits per heavy atom. The second-order valence-electron chi connectivity index (χ2n) is 21.9. The molecule has 0 fully saturated rings. The van der Waals surface area contributed by atoms with Gasteiger partial charge in [-0.25, -0.2) is 4.57 Å². The number of ether oxygens (including phenoxy) is 1. The second kappa shape index (κ2) is 51.7. The van der Waals surface area contributed by atoms with Crippen molar-refractivity contribution in [2.24, 2.45) is 0 Å². The summed E-state index contributed by atoms with van der Waals surface area (Å²) in [7, 11) is 1.49. The number of phosphoric acid groups is 1. The first-order valence-corrected chi connectivity index (χ1v) is 31.8. The Labute approximate surface area is 440 Å². The minimum atomic E-state index is -4.45. The van der Waals surface area contributed by atoms with Gasteiger partial charge in [0.1, 0.15) is 19.3 Å². The fourth-order valence-electron chi connectivity index (χ4n) is 8.87. The van der Waals surface area contributed by atoms with Gasteiger partial charge in [-0.2, -0.15) is 0 Å². The van der Waals surface area contributed by atoms with Crippen molar-refractivity contribution in [1.29, 1.82) is 0 Å². The van der Waals surface area contributed by atoms with E-state index in [4.69, 9.17) is 13.8 Å². The summed E-state index contributed by atoms with van der Waals surface area (Å²) in [6.07, 6.45) is 61.4. The lowest BCUT2D eigenvalue weighted by Crippen LogP contribution is -2.47. The van der Waals surface area contributed by atoms with Crippen LogP contribution in [0.5, 0.6) is 0 Å². The van der Waals surface area contributed by atoms with Crippen LogP contribution in [0.15, 0.2) is 36.5 Å². The molecule has 2 N–H and O–H groups in total. The average Bonchev–Trinajstić information content (AvgIpc) is 3.33. The Balaban J connectivity index is 5.32. The number of rotatable bonds is 55. The fraction of sp³-hybridized carbons (Fsp3) is 0.869. The number of likely N-dealkylation sites (N-methyl/N-ethyl adjacent to an activating group) is 1. The van der Waals surface area contributed by atoms with Crippen LogP contribution in [0.25, 0.3) is 0 Å². The number of carbonyl (C=O) groups excluding carboxylic acids is 2. The van der Waals surface area contributed by atoms with Gasteiger partial charge in [-0.3, -0.25) is 18.6 Å². The number of nitrogens with zero attached hydrogens (tertiary/aromatic N) is 1. The topological polar surface area (TPSA) is 111 Å². The molecule has 418 valence electrons. The number of hydrogen-bond acceptors (Lipinski definition) is 6. The van der Waals surface area contributed by atoms with Gasteiger partial charge in [0.05, 0.1) is 33.8 Å². The Morgan fingerprint density at radius 2 is 0.845 bits per heavy atom. The van der Waals surface area contributed by atoms with E-state index in [0.717, 1.165) is 64.2 Å². The smallest absolute Gasteiger partial charge is 0.456 e. The van der Waals surface area contributed by atoms with E-state index in [1.807, 2.05) is 33.3 Å². The van der Waals surface area contributed by atoms with E-state index in [1.165, 1.54) is 186 Å². The Hall–Kier alpha value is -1.77. The molecule has 0 aromatic heterocycles. The third kappa shape index (κ3) is 52.9. The largest absolute Gasteiger partial charge is 0.472 e. The first-order chi connectivity index (χ1) is 34.4. The molecule has 0 aliphatic rings. The maximum Gasteiger partial charge on any atom is 0.472 e. The van der Waals surface area contributed by atoms with Crippen LogP contribution in [-0.4, -0.2) is 74.3 Å². The molecule has 0 aromatic carbocycles. The third-order valence-corrected chi connectivity index (χ3v) is 14.6. The monoisotopic (exact) mass is 1020 g/mol. The van der Waals surface area contributed by atoms with Crippen molar-refractivity contribution in [2.75, 3.05) is 40.9 Å². The van der Waals surface area contributed by atoms with Crippen molar-refractivity contribution >= 4 is 19.7 Å². The fourth-order valence-corrected chi connectivity index (χ4v) is 9.61. The van der Waals surface area contributed by atoms with Gasteiger partial charge in [-0.15, -0.1) is 0 Å². The highest BCUT2D eigenvalue weighted by Crippen LogP contribution is 2.43. The number of carbonyl (C=O) groups is 2. The number of allylic oxidation sites excluding steroid dienone is 5. The number of unbranched alkanes of at least 4 members (excludes halogenated alkanes) is 36. The molecule has 0 spiro atoms. The molecular weight excluding hydrogens is 904 g/mol. The molecule has 0 saturated heterocycles. The van der Waals surface area contributed by atoms with Gasteiger partial charge in [0, 0.05) is 12.8 Å². The molecule has 0 aromatic rings. The highest BCUT2D eigenvalue weighted by molar-refractivity contribution is 7.47. The molecule has 0 rings (SSSR count). The van der Waals surface area contributed by atoms with Gasteiger partial charge in [-0.1, -0.05) is 257 Å². The van der Waals surface area contributed by atoms with Crippen molar-refractivity contribution in [1.82, 2.24) is 5.32 Å². The van der Waals surface area contributed by atoms with Crippen LogP contribution < -0.4 is 5.32 Å². The summed E-state index contributed by atoms with van der Waals surface area (Å²) in [6.45, 7) is 7.01. The summed E-state index contributed by atoms with van der Waals surface area (Å²) in [5.41, 5.74) is 0. The van der Waals surface area contributed by atoms with Crippen molar-refractivity contribution in [3.8, 4) is 0 Å². The first kappa shape index (κ1) is 69.2. The number of hydrogen-bond donors (Lipinski definition) is 2. The summed E-state index contributed by atoms with van der Waals surface area (Å²) in [4.78, 5) is 37.6. The third-order valence-electron chi connectivity index (χ3n) is 13.6. The highest BCUT2D eigenvalue weighted by atomic mass is 31.2. The van der Waals surface area contributed by atoms with Crippen LogP contribution in [0.4, 0.5) is 0 Å². The molecule has 10 heteroatoms. The first-order valence-electron chi connectivity index (χ1n) is 30.3. The minimum absolute atomic E-state index is 0.0373. The molecule has 1 amide bonds. The summed E-state index contributed by atoms with van der Waals surface area (Å²) in [5.74, 6) is -0.524. The van der Waals surface area contributed by atoms with Crippen LogP contribution >= 0.6 is 7.82 Å². The molecule has 71 heavy (non-hydrogen) atoms. The summed E-state index contributed by atoms with van der Waals surface area (Å²) < 4.78 is 30.6. The Morgan fingerprint density at radius 3 is 1.25 bits per heavy atom. The van der Waals surface area contributed by atoms with E-state index in [1.54, 1.807) is 0 Å². The summed E-state index contributed by atoms with van der Waals surface area (Å²) >= 11 is 0.